The Labute approximate surface area is 101 Å². The third-order valence-corrected chi connectivity index (χ3v) is 2.38. The van der Waals surface area contributed by atoms with E-state index in [1.54, 1.807) is 7.05 Å². The highest BCUT2D eigenvalue weighted by atomic mass is 15.1. The van der Waals surface area contributed by atoms with Crippen LogP contribution in [0.5, 0.6) is 0 Å². The lowest BCUT2D eigenvalue weighted by molar-refractivity contribution is 1.18. The van der Waals surface area contributed by atoms with Gasteiger partial charge in [0.1, 0.15) is 0 Å². The molecular formula is C15H14N2. The van der Waals surface area contributed by atoms with Crippen LogP contribution in [-0.4, -0.2) is 7.05 Å². The van der Waals surface area contributed by atoms with Crippen molar-refractivity contribution >= 4 is 11.8 Å². The van der Waals surface area contributed by atoms with Crippen LogP contribution in [0.15, 0.2) is 70.9 Å². The first-order valence-corrected chi connectivity index (χ1v) is 5.52. The summed E-state index contributed by atoms with van der Waals surface area (Å²) in [6.45, 7) is 0. The van der Waals surface area contributed by atoms with E-state index in [-0.39, 0.29) is 0 Å². The molecule has 0 spiro atoms. The molecule has 0 fully saturated rings. The summed E-state index contributed by atoms with van der Waals surface area (Å²) >= 11 is 0. The molecule has 0 saturated heterocycles. The maximum absolute atomic E-state index is 4.18. The summed E-state index contributed by atoms with van der Waals surface area (Å²) in [5.41, 5.74) is 3.07. The highest BCUT2D eigenvalue weighted by molar-refractivity contribution is 5.80. The molecular weight excluding hydrogens is 208 g/mol. The number of nitrogens with zero attached hydrogens (tertiary/aromatic N) is 2. The van der Waals surface area contributed by atoms with E-state index in [1.165, 1.54) is 0 Å². The predicted octanol–water partition coefficient (Wildman–Crippen LogP) is 4.27. The average molecular weight is 222 g/mol. The van der Waals surface area contributed by atoms with Crippen LogP contribution in [0.3, 0.4) is 0 Å². The summed E-state index contributed by atoms with van der Waals surface area (Å²) < 4.78 is 0. The molecule has 0 aliphatic heterocycles. The number of rotatable bonds is 3. The van der Waals surface area contributed by atoms with Gasteiger partial charge in [0.25, 0.3) is 0 Å². The van der Waals surface area contributed by atoms with Gasteiger partial charge in [0, 0.05) is 12.6 Å². The van der Waals surface area contributed by atoms with E-state index in [0.29, 0.717) is 0 Å². The fourth-order valence-corrected chi connectivity index (χ4v) is 1.59. The Kier molecular flexibility index (Phi) is 3.81. The van der Waals surface area contributed by atoms with Crippen LogP contribution >= 0.6 is 0 Å². The first-order valence-electron chi connectivity index (χ1n) is 5.52. The molecule has 0 radical (unpaired) electrons. The molecule has 84 valence electrons. The Hall–Kier alpha value is -2.22. The molecule has 2 nitrogen and oxygen atoms in total. The second-order valence-electron chi connectivity index (χ2n) is 3.61. The van der Waals surface area contributed by atoms with Gasteiger partial charge in [-0.2, -0.15) is 10.2 Å². The van der Waals surface area contributed by atoms with E-state index in [4.69, 9.17) is 0 Å². The fourth-order valence-electron chi connectivity index (χ4n) is 1.59. The Morgan fingerprint density at radius 2 is 1.47 bits per heavy atom. The molecule has 0 aliphatic rings. The van der Waals surface area contributed by atoms with Crippen molar-refractivity contribution in [3.05, 3.63) is 71.8 Å². The Balaban J connectivity index is 2.40. The number of azo groups is 1. The van der Waals surface area contributed by atoms with Crippen molar-refractivity contribution in [3.8, 4) is 0 Å². The van der Waals surface area contributed by atoms with E-state index >= 15 is 0 Å². The van der Waals surface area contributed by atoms with Gasteiger partial charge < -0.3 is 0 Å². The highest BCUT2D eigenvalue weighted by Crippen LogP contribution is 2.19. The van der Waals surface area contributed by atoms with E-state index < -0.39 is 0 Å². The molecule has 2 aromatic rings. The molecule has 17 heavy (non-hydrogen) atoms. The molecule has 0 amide bonds. The van der Waals surface area contributed by atoms with E-state index in [0.717, 1.165) is 16.8 Å². The minimum Gasteiger partial charge on any atom is -0.192 e. The minimum atomic E-state index is 0.874. The number of hydrogen-bond acceptors (Lipinski definition) is 2. The van der Waals surface area contributed by atoms with E-state index in [9.17, 15) is 0 Å². The quantitative estimate of drug-likeness (QED) is 0.547. The van der Waals surface area contributed by atoms with Gasteiger partial charge in [0.2, 0.25) is 0 Å². The zero-order valence-electron chi connectivity index (χ0n) is 9.75. The summed E-state index contributed by atoms with van der Waals surface area (Å²) in [4.78, 5) is 0. The smallest absolute Gasteiger partial charge is 0.0930 e. The molecule has 0 aliphatic carbocycles. The van der Waals surface area contributed by atoms with Gasteiger partial charge in [-0.1, -0.05) is 60.7 Å². The van der Waals surface area contributed by atoms with Crippen molar-refractivity contribution in [2.24, 2.45) is 10.2 Å². The van der Waals surface area contributed by atoms with Crippen LogP contribution in [0.2, 0.25) is 0 Å². The van der Waals surface area contributed by atoms with Gasteiger partial charge in [-0.05, 0) is 11.6 Å². The van der Waals surface area contributed by atoms with Crippen molar-refractivity contribution in [3.63, 3.8) is 0 Å². The van der Waals surface area contributed by atoms with Crippen LogP contribution < -0.4 is 0 Å². The van der Waals surface area contributed by atoms with E-state index in [2.05, 4.69) is 10.2 Å². The standard InChI is InChI=1S/C15H14N2/c1-16-17-15(14-10-6-3-7-11-14)12-13-8-4-2-5-9-13/h2-12H,1H3/b15-12+,17-16?. The van der Waals surface area contributed by atoms with Gasteiger partial charge in [-0.15, -0.1) is 0 Å². The highest BCUT2D eigenvalue weighted by Gasteiger charge is 1.99. The number of benzene rings is 2. The molecule has 2 heteroatoms. The fraction of sp³-hybridized carbons (Fsp3) is 0.0667. The molecule has 0 heterocycles. The molecule has 0 atom stereocenters. The molecule has 0 N–H and O–H groups in total. The lowest BCUT2D eigenvalue weighted by atomic mass is 10.1. The molecule has 2 aromatic carbocycles. The van der Waals surface area contributed by atoms with Crippen molar-refractivity contribution in [2.75, 3.05) is 7.05 Å². The average Bonchev–Trinajstić information content (AvgIpc) is 2.40. The predicted molar refractivity (Wildman–Crippen MR) is 71.5 cm³/mol. The first-order chi connectivity index (χ1) is 8.40. The zero-order valence-corrected chi connectivity index (χ0v) is 9.75. The topological polar surface area (TPSA) is 24.7 Å². The lowest BCUT2D eigenvalue weighted by Crippen LogP contribution is -1.80. The maximum atomic E-state index is 4.18. The molecule has 0 saturated carbocycles. The van der Waals surface area contributed by atoms with Gasteiger partial charge in [0.15, 0.2) is 0 Å². The summed E-state index contributed by atoms with van der Waals surface area (Å²) in [7, 11) is 1.68. The van der Waals surface area contributed by atoms with Crippen LogP contribution in [0, 0.1) is 0 Å². The van der Waals surface area contributed by atoms with Crippen LogP contribution in [0.1, 0.15) is 11.1 Å². The lowest BCUT2D eigenvalue weighted by Gasteiger charge is -2.01. The summed E-state index contributed by atoms with van der Waals surface area (Å²) in [5.74, 6) is 0. The summed E-state index contributed by atoms with van der Waals surface area (Å²) in [5, 5.41) is 8.04. The first kappa shape index (κ1) is 11.3. The second kappa shape index (κ2) is 5.75. The largest absolute Gasteiger partial charge is 0.192 e. The van der Waals surface area contributed by atoms with Crippen molar-refractivity contribution in [1.29, 1.82) is 0 Å². The normalized spacial score (nSPS) is 11.9. The SMILES string of the molecule is CN=N/C(=C/c1ccccc1)c1ccccc1. The second-order valence-corrected chi connectivity index (χ2v) is 3.61. The zero-order chi connectivity index (χ0) is 11.9. The van der Waals surface area contributed by atoms with Crippen molar-refractivity contribution in [2.45, 2.75) is 0 Å². The molecule has 0 bridgehead atoms. The minimum absolute atomic E-state index is 0.874. The Bertz CT molecular complexity index is 513. The monoisotopic (exact) mass is 222 g/mol. The van der Waals surface area contributed by atoms with E-state index in [1.807, 2.05) is 66.7 Å². The van der Waals surface area contributed by atoms with Crippen LogP contribution in [0.25, 0.3) is 11.8 Å². The maximum Gasteiger partial charge on any atom is 0.0930 e. The Morgan fingerprint density at radius 1 is 0.882 bits per heavy atom. The van der Waals surface area contributed by atoms with Crippen molar-refractivity contribution in [1.82, 2.24) is 0 Å². The summed E-state index contributed by atoms with van der Waals surface area (Å²) in [6.07, 6.45) is 2.03. The summed E-state index contributed by atoms with van der Waals surface area (Å²) in [6, 6.07) is 20.2. The number of hydrogen-bond donors (Lipinski definition) is 0. The molecule has 0 aromatic heterocycles. The van der Waals surface area contributed by atoms with Crippen LogP contribution in [-0.2, 0) is 0 Å². The van der Waals surface area contributed by atoms with Gasteiger partial charge in [-0.25, -0.2) is 0 Å². The van der Waals surface area contributed by atoms with Crippen molar-refractivity contribution < 1.29 is 0 Å². The van der Waals surface area contributed by atoms with Gasteiger partial charge >= 0.3 is 0 Å². The third kappa shape index (κ3) is 3.11. The third-order valence-electron chi connectivity index (χ3n) is 2.38. The molecule has 0 unspecified atom stereocenters. The Morgan fingerprint density at radius 3 is 2.06 bits per heavy atom. The molecule has 2 rings (SSSR count). The van der Waals surface area contributed by atoms with Gasteiger partial charge in [0.05, 0.1) is 5.70 Å². The van der Waals surface area contributed by atoms with Gasteiger partial charge in [-0.3, -0.25) is 0 Å². The van der Waals surface area contributed by atoms with Crippen LogP contribution in [0.4, 0.5) is 0 Å².